The Morgan fingerprint density at radius 2 is 2.11 bits per heavy atom. The van der Waals surface area contributed by atoms with E-state index in [0.29, 0.717) is 0 Å². The standard InChI is InChI=1S/C8H15O10P/c9-4-1-6(5(10)3-17-19(14,15)16)18-8(13,2-4)7(11)12/h4-6,9-10,13H,1-3H2,(H,11,12)(H2,14,15,16)/t4-,5+,6-,8+/m0/s1. The molecule has 0 unspecified atom stereocenters. The van der Waals surface area contributed by atoms with Crippen LogP contribution < -0.4 is 0 Å². The van der Waals surface area contributed by atoms with Crippen LogP contribution in [0.15, 0.2) is 0 Å². The molecular weight excluding hydrogens is 287 g/mol. The lowest BCUT2D eigenvalue weighted by Gasteiger charge is -2.38. The van der Waals surface area contributed by atoms with Crippen LogP contribution in [0.2, 0.25) is 0 Å². The van der Waals surface area contributed by atoms with Gasteiger partial charge in [0.05, 0.1) is 18.8 Å². The Hall–Kier alpha value is -0.580. The van der Waals surface area contributed by atoms with E-state index in [9.17, 15) is 24.7 Å². The van der Waals surface area contributed by atoms with Gasteiger partial charge in [0.15, 0.2) is 0 Å². The van der Waals surface area contributed by atoms with Crippen LogP contribution in [-0.2, 0) is 18.6 Å². The van der Waals surface area contributed by atoms with E-state index in [2.05, 4.69) is 4.52 Å². The van der Waals surface area contributed by atoms with Crippen LogP contribution in [0.4, 0.5) is 0 Å². The number of rotatable bonds is 5. The summed E-state index contributed by atoms with van der Waals surface area (Å²) in [6, 6.07) is 0. The molecule has 0 aromatic carbocycles. The number of phosphoric ester groups is 1. The summed E-state index contributed by atoms with van der Waals surface area (Å²) in [5, 5.41) is 37.3. The quantitative estimate of drug-likeness (QED) is 0.305. The van der Waals surface area contributed by atoms with Gasteiger partial charge in [0, 0.05) is 12.8 Å². The van der Waals surface area contributed by atoms with Gasteiger partial charge in [-0.1, -0.05) is 0 Å². The fourth-order valence-corrected chi connectivity index (χ4v) is 2.02. The smallest absolute Gasteiger partial charge is 0.469 e. The molecule has 0 aromatic heterocycles. The van der Waals surface area contributed by atoms with Gasteiger partial charge in [-0.25, -0.2) is 9.36 Å². The van der Waals surface area contributed by atoms with Crippen LogP contribution in [-0.4, -0.2) is 66.9 Å². The lowest BCUT2D eigenvalue weighted by molar-refractivity contribution is -0.283. The van der Waals surface area contributed by atoms with Crippen LogP contribution in [0.1, 0.15) is 12.8 Å². The number of aliphatic hydroxyl groups is 3. The first-order valence-electron chi connectivity index (χ1n) is 5.23. The van der Waals surface area contributed by atoms with Crippen LogP contribution in [0.5, 0.6) is 0 Å². The van der Waals surface area contributed by atoms with Gasteiger partial charge in [-0.15, -0.1) is 0 Å². The van der Waals surface area contributed by atoms with Crippen molar-refractivity contribution in [2.24, 2.45) is 0 Å². The number of carbonyl (C=O) groups is 1. The van der Waals surface area contributed by atoms with Crippen molar-refractivity contribution in [1.29, 1.82) is 0 Å². The number of carboxylic acid groups (broad SMARTS) is 1. The Labute approximate surface area is 107 Å². The fraction of sp³-hybridized carbons (Fsp3) is 0.875. The first-order chi connectivity index (χ1) is 8.53. The van der Waals surface area contributed by atoms with Gasteiger partial charge in [0.1, 0.15) is 6.10 Å². The average molecular weight is 302 g/mol. The lowest BCUT2D eigenvalue weighted by atomic mass is 9.96. The van der Waals surface area contributed by atoms with Crippen molar-refractivity contribution in [1.82, 2.24) is 0 Å². The Kier molecular flexibility index (Phi) is 5.04. The molecule has 11 heteroatoms. The summed E-state index contributed by atoms with van der Waals surface area (Å²) < 4.78 is 19.2. The summed E-state index contributed by atoms with van der Waals surface area (Å²) in [7, 11) is -4.79. The molecule has 0 radical (unpaired) electrons. The van der Waals surface area contributed by atoms with Crippen molar-refractivity contribution in [3.63, 3.8) is 0 Å². The van der Waals surface area contributed by atoms with Crippen molar-refractivity contribution < 1.29 is 48.8 Å². The summed E-state index contributed by atoms with van der Waals surface area (Å²) >= 11 is 0. The number of carboxylic acids is 1. The minimum Gasteiger partial charge on any atom is -0.477 e. The van der Waals surface area contributed by atoms with Crippen LogP contribution in [0.25, 0.3) is 0 Å². The topological polar surface area (TPSA) is 174 Å². The molecule has 112 valence electrons. The van der Waals surface area contributed by atoms with E-state index < -0.39 is 50.9 Å². The molecular formula is C8H15O10P. The molecule has 1 heterocycles. The number of hydrogen-bond acceptors (Lipinski definition) is 7. The predicted octanol–water partition coefficient (Wildman–Crippen LogP) is -2.23. The number of ether oxygens (including phenoxy) is 1. The van der Waals surface area contributed by atoms with E-state index in [1.807, 2.05) is 0 Å². The second-order valence-corrected chi connectivity index (χ2v) is 5.43. The molecule has 6 N–H and O–H groups in total. The van der Waals surface area contributed by atoms with Gasteiger partial charge in [-0.2, -0.15) is 0 Å². The highest BCUT2D eigenvalue weighted by Gasteiger charge is 2.48. The molecule has 0 amide bonds. The van der Waals surface area contributed by atoms with E-state index >= 15 is 0 Å². The van der Waals surface area contributed by atoms with Gasteiger partial charge in [0.25, 0.3) is 5.79 Å². The first-order valence-corrected chi connectivity index (χ1v) is 6.76. The normalized spacial score (nSPS) is 33.9. The highest BCUT2D eigenvalue weighted by atomic mass is 31.2. The van der Waals surface area contributed by atoms with E-state index in [1.165, 1.54) is 0 Å². The SMILES string of the molecule is O=C(O)[C@@]1(O)C[C@@H](O)C[C@@H]([C@H](O)COP(=O)(O)O)O1. The monoisotopic (exact) mass is 302 g/mol. The van der Waals surface area contributed by atoms with Crippen LogP contribution in [0.3, 0.4) is 0 Å². The van der Waals surface area contributed by atoms with Crippen LogP contribution in [0, 0.1) is 0 Å². The number of aliphatic carboxylic acids is 1. The third kappa shape index (κ3) is 4.79. The Morgan fingerprint density at radius 3 is 2.58 bits per heavy atom. The molecule has 1 rings (SSSR count). The summed E-state index contributed by atoms with van der Waals surface area (Å²) in [6.45, 7) is -0.836. The van der Waals surface area contributed by atoms with Crippen molar-refractivity contribution in [2.45, 2.75) is 36.9 Å². The molecule has 0 aliphatic carbocycles. The molecule has 1 saturated heterocycles. The van der Waals surface area contributed by atoms with Crippen molar-refractivity contribution in [3.05, 3.63) is 0 Å². The van der Waals surface area contributed by atoms with Gasteiger partial charge in [-0.05, 0) is 0 Å². The zero-order chi connectivity index (χ0) is 14.8. The zero-order valence-corrected chi connectivity index (χ0v) is 10.5. The van der Waals surface area contributed by atoms with Crippen molar-refractivity contribution in [2.75, 3.05) is 6.61 Å². The minimum atomic E-state index is -4.79. The predicted molar refractivity (Wildman–Crippen MR) is 56.7 cm³/mol. The summed E-state index contributed by atoms with van der Waals surface area (Å²) in [4.78, 5) is 27.7. The Balaban J connectivity index is 2.67. The van der Waals surface area contributed by atoms with E-state index in [4.69, 9.17) is 19.6 Å². The Morgan fingerprint density at radius 1 is 1.53 bits per heavy atom. The number of aliphatic hydroxyl groups excluding tert-OH is 2. The number of phosphoric acid groups is 1. The maximum atomic E-state index is 10.8. The molecule has 1 aliphatic heterocycles. The van der Waals surface area contributed by atoms with E-state index in [1.54, 1.807) is 0 Å². The van der Waals surface area contributed by atoms with Gasteiger partial charge < -0.3 is 34.9 Å². The van der Waals surface area contributed by atoms with Gasteiger partial charge in [0.2, 0.25) is 0 Å². The van der Waals surface area contributed by atoms with E-state index in [0.717, 1.165) is 0 Å². The third-order valence-corrected chi connectivity index (χ3v) is 3.03. The van der Waals surface area contributed by atoms with Crippen molar-refractivity contribution in [3.8, 4) is 0 Å². The molecule has 1 aliphatic rings. The molecule has 1 fully saturated rings. The maximum absolute atomic E-state index is 10.8. The highest BCUT2D eigenvalue weighted by Crippen LogP contribution is 2.37. The summed E-state index contributed by atoms with van der Waals surface area (Å²) in [6.07, 6.45) is -4.99. The fourth-order valence-electron chi connectivity index (χ4n) is 1.67. The molecule has 0 spiro atoms. The van der Waals surface area contributed by atoms with Crippen LogP contribution >= 0.6 is 7.82 Å². The van der Waals surface area contributed by atoms with E-state index in [-0.39, 0.29) is 6.42 Å². The van der Waals surface area contributed by atoms with Crippen molar-refractivity contribution >= 4 is 13.8 Å². The lowest BCUT2D eigenvalue weighted by Crippen LogP contribution is -2.55. The number of hydrogen-bond donors (Lipinski definition) is 6. The maximum Gasteiger partial charge on any atom is 0.469 e. The first kappa shape index (κ1) is 16.5. The summed E-state index contributed by atoms with van der Waals surface area (Å²) in [5.41, 5.74) is 0. The molecule has 0 saturated carbocycles. The average Bonchev–Trinajstić information content (AvgIpc) is 2.23. The third-order valence-electron chi connectivity index (χ3n) is 2.54. The molecule has 19 heavy (non-hydrogen) atoms. The molecule has 0 aromatic rings. The second-order valence-electron chi connectivity index (χ2n) is 4.19. The second kappa shape index (κ2) is 5.81. The van der Waals surface area contributed by atoms with Gasteiger partial charge in [-0.3, -0.25) is 4.52 Å². The zero-order valence-electron chi connectivity index (χ0n) is 9.62. The van der Waals surface area contributed by atoms with Gasteiger partial charge >= 0.3 is 13.8 Å². The molecule has 0 bridgehead atoms. The minimum absolute atomic E-state index is 0.207. The molecule has 4 atom stereocenters. The summed E-state index contributed by atoms with van der Waals surface area (Å²) in [5.74, 6) is -4.40. The molecule has 10 nitrogen and oxygen atoms in total. The Bertz CT molecular complexity index is 380. The highest BCUT2D eigenvalue weighted by molar-refractivity contribution is 7.46. The largest absolute Gasteiger partial charge is 0.477 e.